The molecule has 11 heavy (non-hydrogen) atoms. The lowest BCUT2D eigenvalue weighted by Crippen LogP contribution is -2.20. The summed E-state index contributed by atoms with van der Waals surface area (Å²) in [5.41, 5.74) is 0. The number of carbonyl (C=O) groups excluding carboxylic acids is 1. The number of ether oxygens (including phenoxy) is 1. The monoisotopic (exact) mass is 174 g/mol. The molecule has 1 fully saturated rings. The van der Waals surface area contributed by atoms with Gasteiger partial charge in [-0.1, -0.05) is 0 Å². The maximum Gasteiger partial charge on any atom is 0.309 e. The number of thioether (sulfide) groups is 1. The number of hydrogen-bond donors (Lipinski definition) is 0. The van der Waals surface area contributed by atoms with Gasteiger partial charge in [0, 0.05) is 5.75 Å². The molecule has 0 bridgehead atoms. The van der Waals surface area contributed by atoms with E-state index >= 15 is 0 Å². The summed E-state index contributed by atoms with van der Waals surface area (Å²) in [4.78, 5) is 11.1. The van der Waals surface area contributed by atoms with E-state index in [0.717, 1.165) is 5.75 Å². The summed E-state index contributed by atoms with van der Waals surface area (Å²) in [6.45, 7) is 0. The van der Waals surface area contributed by atoms with Crippen molar-refractivity contribution in [3.8, 4) is 0 Å². The van der Waals surface area contributed by atoms with Gasteiger partial charge in [-0.25, -0.2) is 0 Å². The van der Waals surface area contributed by atoms with E-state index in [1.807, 2.05) is 6.26 Å². The quantitative estimate of drug-likeness (QED) is 0.605. The predicted octanol–water partition coefficient (Wildman–Crippen LogP) is 1.55. The number of esters is 1. The van der Waals surface area contributed by atoms with E-state index in [4.69, 9.17) is 4.74 Å². The third-order valence-corrected chi connectivity index (χ3v) is 2.73. The molecule has 1 unspecified atom stereocenters. The van der Waals surface area contributed by atoms with Gasteiger partial charge in [0.25, 0.3) is 0 Å². The standard InChI is InChI=1S/C8H14O2S/c1-10-8(9)7(5-11-2)6-3-4-6/h6-7H,3-5H2,1-2H3. The van der Waals surface area contributed by atoms with Crippen molar-refractivity contribution in [2.24, 2.45) is 11.8 Å². The molecular weight excluding hydrogens is 160 g/mol. The normalized spacial score (nSPS) is 19.5. The zero-order valence-electron chi connectivity index (χ0n) is 7.00. The first-order valence-corrected chi connectivity index (χ1v) is 5.25. The van der Waals surface area contributed by atoms with Crippen LogP contribution in [-0.2, 0) is 9.53 Å². The molecule has 3 heteroatoms. The van der Waals surface area contributed by atoms with Gasteiger partial charge in [-0.15, -0.1) is 0 Å². The zero-order valence-corrected chi connectivity index (χ0v) is 7.82. The third-order valence-electron chi connectivity index (χ3n) is 2.04. The molecule has 1 saturated carbocycles. The van der Waals surface area contributed by atoms with Gasteiger partial charge in [-0.3, -0.25) is 4.79 Å². The molecule has 0 saturated heterocycles. The zero-order chi connectivity index (χ0) is 8.27. The Hall–Kier alpha value is -0.180. The van der Waals surface area contributed by atoms with Gasteiger partial charge in [0.05, 0.1) is 13.0 Å². The Bertz CT molecular complexity index is 143. The van der Waals surface area contributed by atoms with Crippen LogP contribution in [0.5, 0.6) is 0 Å². The molecule has 0 N–H and O–H groups in total. The molecule has 1 aliphatic rings. The van der Waals surface area contributed by atoms with Gasteiger partial charge >= 0.3 is 5.97 Å². The molecule has 0 heterocycles. The number of carbonyl (C=O) groups is 1. The van der Waals surface area contributed by atoms with Crippen LogP contribution in [0.3, 0.4) is 0 Å². The fourth-order valence-electron chi connectivity index (χ4n) is 1.23. The fraction of sp³-hybridized carbons (Fsp3) is 0.875. The van der Waals surface area contributed by atoms with Gasteiger partial charge in [0.1, 0.15) is 0 Å². The summed E-state index contributed by atoms with van der Waals surface area (Å²) in [6.07, 6.45) is 4.44. The molecule has 1 aliphatic carbocycles. The molecule has 2 nitrogen and oxygen atoms in total. The van der Waals surface area contributed by atoms with Crippen molar-refractivity contribution in [2.45, 2.75) is 12.8 Å². The molecular formula is C8H14O2S. The molecule has 0 aromatic rings. The first kappa shape index (κ1) is 8.91. The average Bonchev–Trinajstić information content (AvgIpc) is 2.81. The van der Waals surface area contributed by atoms with Gasteiger partial charge < -0.3 is 4.74 Å². The van der Waals surface area contributed by atoms with Crippen molar-refractivity contribution >= 4 is 17.7 Å². The Morgan fingerprint density at radius 3 is 2.73 bits per heavy atom. The molecule has 1 rings (SSSR count). The van der Waals surface area contributed by atoms with Crippen LogP contribution in [0.4, 0.5) is 0 Å². The minimum absolute atomic E-state index is 0.0261. The second kappa shape index (κ2) is 4.00. The lowest BCUT2D eigenvalue weighted by atomic mass is 10.1. The summed E-state index contributed by atoms with van der Waals surface area (Å²) in [5, 5.41) is 0. The van der Waals surface area contributed by atoms with Crippen LogP contribution in [0.1, 0.15) is 12.8 Å². The maximum atomic E-state index is 11.1. The highest BCUT2D eigenvalue weighted by atomic mass is 32.2. The van der Waals surface area contributed by atoms with E-state index in [1.54, 1.807) is 11.8 Å². The van der Waals surface area contributed by atoms with Crippen LogP contribution >= 0.6 is 11.8 Å². The van der Waals surface area contributed by atoms with Crippen molar-refractivity contribution in [2.75, 3.05) is 19.1 Å². The van der Waals surface area contributed by atoms with Crippen molar-refractivity contribution in [3.63, 3.8) is 0 Å². The minimum Gasteiger partial charge on any atom is -0.469 e. The van der Waals surface area contributed by atoms with Gasteiger partial charge in [-0.2, -0.15) is 11.8 Å². The van der Waals surface area contributed by atoms with Crippen LogP contribution in [0, 0.1) is 11.8 Å². The minimum atomic E-state index is -0.0261. The van der Waals surface area contributed by atoms with E-state index in [0.29, 0.717) is 5.92 Å². The predicted molar refractivity (Wildman–Crippen MR) is 46.6 cm³/mol. The van der Waals surface area contributed by atoms with Crippen molar-refractivity contribution in [1.29, 1.82) is 0 Å². The lowest BCUT2D eigenvalue weighted by molar-refractivity contribution is -0.145. The second-order valence-electron chi connectivity index (χ2n) is 2.92. The maximum absolute atomic E-state index is 11.1. The van der Waals surface area contributed by atoms with Crippen molar-refractivity contribution in [3.05, 3.63) is 0 Å². The second-order valence-corrected chi connectivity index (χ2v) is 3.83. The summed E-state index contributed by atoms with van der Waals surface area (Å²) in [5.74, 6) is 1.67. The molecule has 0 radical (unpaired) electrons. The van der Waals surface area contributed by atoms with E-state index in [1.165, 1.54) is 20.0 Å². The highest BCUT2D eigenvalue weighted by Gasteiger charge is 2.36. The molecule has 1 atom stereocenters. The highest BCUT2D eigenvalue weighted by Crippen LogP contribution is 2.38. The van der Waals surface area contributed by atoms with Crippen LogP contribution in [-0.4, -0.2) is 25.1 Å². The summed E-state index contributed by atoms with van der Waals surface area (Å²) >= 11 is 1.72. The summed E-state index contributed by atoms with van der Waals surface area (Å²) in [7, 11) is 1.47. The number of hydrogen-bond acceptors (Lipinski definition) is 3. The highest BCUT2D eigenvalue weighted by molar-refractivity contribution is 7.98. The van der Waals surface area contributed by atoms with E-state index in [-0.39, 0.29) is 11.9 Å². The average molecular weight is 174 g/mol. The smallest absolute Gasteiger partial charge is 0.309 e. The van der Waals surface area contributed by atoms with Crippen LogP contribution < -0.4 is 0 Å². The Labute approximate surface area is 71.7 Å². The van der Waals surface area contributed by atoms with Crippen molar-refractivity contribution in [1.82, 2.24) is 0 Å². The van der Waals surface area contributed by atoms with E-state index in [2.05, 4.69) is 0 Å². The van der Waals surface area contributed by atoms with E-state index < -0.39 is 0 Å². The molecule has 0 spiro atoms. The summed E-state index contributed by atoms with van der Waals surface area (Å²) < 4.78 is 4.71. The first-order valence-electron chi connectivity index (χ1n) is 3.86. The van der Waals surface area contributed by atoms with Gasteiger partial charge in [-0.05, 0) is 25.0 Å². The SMILES string of the molecule is COC(=O)C(CSC)C1CC1. The molecule has 0 aromatic carbocycles. The van der Waals surface area contributed by atoms with Crippen LogP contribution in [0.15, 0.2) is 0 Å². The largest absolute Gasteiger partial charge is 0.469 e. The lowest BCUT2D eigenvalue weighted by Gasteiger charge is -2.10. The topological polar surface area (TPSA) is 26.3 Å². The molecule has 64 valence electrons. The molecule has 0 amide bonds. The molecule has 0 aromatic heterocycles. The van der Waals surface area contributed by atoms with Crippen LogP contribution in [0.25, 0.3) is 0 Å². The Morgan fingerprint density at radius 2 is 2.36 bits per heavy atom. The van der Waals surface area contributed by atoms with E-state index in [9.17, 15) is 4.79 Å². The van der Waals surface area contributed by atoms with Crippen LogP contribution in [0.2, 0.25) is 0 Å². The third kappa shape index (κ3) is 2.40. The first-order chi connectivity index (χ1) is 5.29. The Kier molecular flexibility index (Phi) is 3.24. The van der Waals surface area contributed by atoms with Crippen molar-refractivity contribution < 1.29 is 9.53 Å². The van der Waals surface area contributed by atoms with Gasteiger partial charge in [0.2, 0.25) is 0 Å². The Morgan fingerprint density at radius 1 is 1.73 bits per heavy atom. The van der Waals surface area contributed by atoms with Gasteiger partial charge in [0.15, 0.2) is 0 Å². The Balaban J connectivity index is 2.37. The number of rotatable bonds is 4. The summed E-state index contributed by atoms with van der Waals surface area (Å²) in [6, 6.07) is 0. The molecule has 0 aliphatic heterocycles. The number of methoxy groups -OCH3 is 1. The fourth-order valence-corrected chi connectivity index (χ4v) is 1.99.